The number of nitrogens with zero attached hydrogens (tertiary/aromatic N) is 3. The number of aromatic amines is 1. The second kappa shape index (κ2) is 12.3. The number of carbonyl (C=O) groups excluding carboxylic acids is 1. The second-order valence-electron chi connectivity index (χ2n) is 12.9. The number of amides is 1. The molecule has 1 amide bonds. The van der Waals surface area contributed by atoms with Crippen LogP contribution in [0, 0.1) is 5.41 Å². The van der Waals surface area contributed by atoms with E-state index in [9.17, 15) is 9.59 Å². The van der Waals surface area contributed by atoms with Crippen LogP contribution in [0.3, 0.4) is 0 Å². The molecule has 0 saturated heterocycles. The zero-order valence-corrected chi connectivity index (χ0v) is 26.7. The lowest BCUT2D eigenvalue weighted by molar-refractivity contribution is -0.122. The van der Waals surface area contributed by atoms with Gasteiger partial charge in [0, 0.05) is 22.3 Å². The van der Waals surface area contributed by atoms with Crippen molar-refractivity contribution < 1.29 is 9.53 Å². The van der Waals surface area contributed by atoms with Crippen LogP contribution in [-0.2, 0) is 10.2 Å². The van der Waals surface area contributed by atoms with Crippen molar-refractivity contribution in [3.63, 3.8) is 0 Å². The maximum Gasteiger partial charge on any atom is 0.273 e. The molecule has 0 fully saturated rings. The van der Waals surface area contributed by atoms with Gasteiger partial charge in [-0.1, -0.05) is 77.4 Å². The van der Waals surface area contributed by atoms with Crippen LogP contribution in [0.15, 0.2) is 83.7 Å². The zero-order chi connectivity index (χ0) is 31.6. The summed E-state index contributed by atoms with van der Waals surface area (Å²) in [4.78, 5) is 25.8. The lowest BCUT2D eigenvalue weighted by Crippen LogP contribution is -2.32. The molecule has 2 N–H and O–H groups in total. The monoisotopic (exact) mass is 611 g/mol. The third-order valence-corrected chi connectivity index (χ3v) is 7.74. The van der Waals surface area contributed by atoms with Gasteiger partial charge in [-0.05, 0) is 77.8 Å². The molecule has 5 aromatic rings. The van der Waals surface area contributed by atoms with Gasteiger partial charge in [0.1, 0.15) is 17.0 Å². The van der Waals surface area contributed by atoms with Crippen molar-refractivity contribution in [2.75, 3.05) is 5.32 Å². The summed E-state index contributed by atoms with van der Waals surface area (Å²) in [5.41, 5.74) is 4.86. The van der Waals surface area contributed by atoms with Gasteiger partial charge >= 0.3 is 0 Å². The number of hydrogen-bond donors (Lipinski definition) is 2. The number of fused-ring (bicyclic) bond motifs is 1. The molecule has 2 aromatic heterocycles. The number of rotatable bonds is 9. The molecule has 1 atom stereocenters. The lowest BCUT2D eigenvalue weighted by Gasteiger charge is -2.33. The van der Waals surface area contributed by atoms with E-state index >= 15 is 0 Å². The molecule has 0 aliphatic heterocycles. The van der Waals surface area contributed by atoms with Crippen LogP contribution in [0.4, 0.5) is 5.69 Å². The molecule has 0 radical (unpaired) electrons. The Morgan fingerprint density at radius 1 is 0.977 bits per heavy atom. The molecule has 1 unspecified atom stereocenters. The molecule has 0 aliphatic carbocycles. The van der Waals surface area contributed by atoms with Crippen LogP contribution in [0.2, 0.25) is 5.02 Å². The third-order valence-electron chi connectivity index (χ3n) is 7.49. The second-order valence-corrected chi connectivity index (χ2v) is 13.4. The molecule has 0 saturated carbocycles. The van der Waals surface area contributed by atoms with E-state index in [4.69, 9.17) is 16.3 Å². The number of carbonyl (C=O) groups is 1. The van der Waals surface area contributed by atoms with Crippen molar-refractivity contribution >= 4 is 34.2 Å². The fourth-order valence-electron chi connectivity index (χ4n) is 5.69. The van der Waals surface area contributed by atoms with Crippen molar-refractivity contribution in [1.29, 1.82) is 0 Å². The molecule has 2 heterocycles. The molecule has 0 aliphatic rings. The first kappa shape index (κ1) is 31.0. The number of benzene rings is 3. The molecule has 5 rings (SSSR count). The Morgan fingerprint density at radius 2 is 1.64 bits per heavy atom. The Bertz CT molecular complexity index is 1820. The quantitative estimate of drug-likeness (QED) is 0.176. The van der Waals surface area contributed by atoms with Crippen LogP contribution in [0.5, 0.6) is 5.75 Å². The Kier molecular flexibility index (Phi) is 8.66. The summed E-state index contributed by atoms with van der Waals surface area (Å²) < 4.78 is 7.41. The van der Waals surface area contributed by atoms with E-state index in [-0.39, 0.29) is 22.3 Å². The summed E-state index contributed by atoms with van der Waals surface area (Å²) in [6, 6.07) is 23.7. The SMILES string of the molecule is CCC(Oc1ccc(C(C)(C)CC(C)(C)C)cc1)C(=O)Nc1ccc(-c2n[nH]c3cc(=O)n(-c4ccc(Cl)cc4)nc23)cc1. The summed E-state index contributed by atoms with van der Waals surface area (Å²) in [5.74, 6) is 0.434. The standard InChI is InChI=1S/C35H38ClN5O3/c1-7-29(44-27-18-10-23(11-19-27)35(5,6)21-34(2,3)4)33(43)37-25-14-8-22(9-15-25)31-32-28(38-39-31)20-30(42)41(40-32)26-16-12-24(36)13-17-26/h8-20,29,38H,7,21H2,1-6H3,(H,37,43). The van der Waals surface area contributed by atoms with Crippen molar-refractivity contribution in [3.05, 3.63) is 99.8 Å². The van der Waals surface area contributed by atoms with Crippen molar-refractivity contribution in [2.45, 2.75) is 65.9 Å². The number of H-pyrrole nitrogens is 1. The summed E-state index contributed by atoms with van der Waals surface area (Å²) in [6.07, 6.45) is 0.921. The van der Waals surface area contributed by atoms with Gasteiger partial charge in [-0.3, -0.25) is 14.7 Å². The van der Waals surface area contributed by atoms with Crippen LogP contribution in [0.1, 0.15) is 59.9 Å². The van der Waals surface area contributed by atoms with Gasteiger partial charge in [-0.2, -0.15) is 14.9 Å². The number of aromatic nitrogens is 4. The minimum atomic E-state index is -0.646. The van der Waals surface area contributed by atoms with Gasteiger partial charge in [0.15, 0.2) is 6.10 Å². The Morgan fingerprint density at radius 3 is 2.25 bits per heavy atom. The van der Waals surface area contributed by atoms with Gasteiger partial charge in [0.2, 0.25) is 0 Å². The molecule has 228 valence electrons. The third kappa shape index (κ3) is 7.03. The number of nitrogens with one attached hydrogen (secondary N) is 2. The van der Waals surface area contributed by atoms with E-state index in [0.29, 0.717) is 45.3 Å². The Labute approximate surface area is 262 Å². The van der Waals surface area contributed by atoms with E-state index in [2.05, 4.69) is 67.4 Å². The van der Waals surface area contributed by atoms with Crippen LogP contribution >= 0.6 is 11.6 Å². The van der Waals surface area contributed by atoms with Gasteiger partial charge in [-0.15, -0.1) is 0 Å². The first-order valence-electron chi connectivity index (χ1n) is 14.8. The van der Waals surface area contributed by atoms with E-state index < -0.39 is 6.10 Å². The van der Waals surface area contributed by atoms with Crippen LogP contribution in [-0.4, -0.2) is 32.0 Å². The van der Waals surface area contributed by atoms with E-state index in [1.807, 2.05) is 43.3 Å². The van der Waals surface area contributed by atoms with E-state index in [0.717, 1.165) is 12.0 Å². The highest BCUT2D eigenvalue weighted by atomic mass is 35.5. The summed E-state index contributed by atoms with van der Waals surface area (Å²) >= 11 is 6.01. The Hall–Kier alpha value is -4.43. The van der Waals surface area contributed by atoms with Gasteiger partial charge in [0.05, 0.1) is 11.2 Å². The largest absolute Gasteiger partial charge is 0.481 e. The highest BCUT2D eigenvalue weighted by molar-refractivity contribution is 6.30. The molecule has 0 spiro atoms. The minimum Gasteiger partial charge on any atom is -0.481 e. The summed E-state index contributed by atoms with van der Waals surface area (Å²) in [5, 5.41) is 15.4. The maximum absolute atomic E-state index is 13.1. The smallest absolute Gasteiger partial charge is 0.273 e. The molecule has 44 heavy (non-hydrogen) atoms. The minimum absolute atomic E-state index is 0.0273. The van der Waals surface area contributed by atoms with Gasteiger partial charge < -0.3 is 10.1 Å². The lowest BCUT2D eigenvalue weighted by atomic mass is 9.72. The average molecular weight is 612 g/mol. The molecule has 0 bridgehead atoms. The number of anilines is 1. The van der Waals surface area contributed by atoms with Crippen LogP contribution < -0.4 is 15.6 Å². The fraction of sp³-hybridized carbons (Fsp3) is 0.314. The number of ether oxygens (including phenoxy) is 1. The molecular formula is C35H38ClN5O3. The summed E-state index contributed by atoms with van der Waals surface area (Å²) in [7, 11) is 0. The summed E-state index contributed by atoms with van der Waals surface area (Å²) in [6.45, 7) is 13.2. The van der Waals surface area contributed by atoms with Crippen molar-refractivity contribution in [3.8, 4) is 22.7 Å². The normalized spacial score (nSPS) is 12.7. The van der Waals surface area contributed by atoms with E-state index in [1.165, 1.54) is 16.3 Å². The van der Waals surface area contributed by atoms with Crippen molar-refractivity contribution in [1.82, 2.24) is 20.0 Å². The topological polar surface area (TPSA) is 102 Å². The van der Waals surface area contributed by atoms with Gasteiger partial charge in [0.25, 0.3) is 11.5 Å². The Balaban J connectivity index is 1.28. The van der Waals surface area contributed by atoms with Crippen LogP contribution in [0.25, 0.3) is 28.0 Å². The van der Waals surface area contributed by atoms with E-state index in [1.54, 1.807) is 24.3 Å². The molecule has 3 aromatic carbocycles. The average Bonchev–Trinajstić information content (AvgIpc) is 3.38. The first-order valence-corrected chi connectivity index (χ1v) is 15.1. The van der Waals surface area contributed by atoms with Gasteiger partial charge in [-0.25, -0.2) is 0 Å². The first-order chi connectivity index (χ1) is 20.8. The zero-order valence-electron chi connectivity index (χ0n) is 25.9. The molecular weight excluding hydrogens is 574 g/mol. The maximum atomic E-state index is 13.1. The highest BCUT2D eigenvalue weighted by Gasteiger charge is 2.27. The predicted molar refractivity (Wildman–Crippen MR) is 177 cm³/mol. The van der Waals surface area contributed by atoms with Crippen molar-refractivity contribution in [2.24, 2.45) is 5.41 Å². The predicted octanol–water partition coefficient (Wildman–Crippen LogP) is 7.94. The molecule has 8 nitrogen and oxygen atoms in total. The highest BCUT2D eigenvalue weighted by Crippen LogP contribution is 2.37. The molecule has 9 heteroatoms. The number of hydrogen-bond acceptors (Lipinski definition) is 5. The fourth-order valence-corrected chi connectivity index (χ4v) is 5.81. The number of halogens is 1.